The van der Waals surface area contributed by atoms with E-state index >= 15 is 0 Å². The number of carbonyl (C=O) groups is 2. The lowest BCUT2D eigenvalue weighted by Crippen LogP contribution is -2.59. The molecule has 2 aromatic carbocycles. The van der Waals surface area contributed by atoms with Crippen molar-refractivity contribution in [2.24, 2.45) is 0 Å². The molecule has 9 nitrogen and oxygen atoms in total. The fourth-order valence-corrected chi connectivity index (χ4v) is 6.80. The maximum atomic E-state index is 13.9. The van der Waals surface area contributed by atoms with Crippen molar-refractivity contribution in [2.75, 3.05) is 26.2 Å². The highest BCUT2D eigenvalue weighted by molar-refractivity contribution is 6.30. The Balaban J connectivity index is 1.12. The monoisotopic (exact) mass is 575 g/mol. The van der Waals surface area contributed by atoms with Gasteiger partial charge in [-0.1, -0.05) is 60.8 Å². The topological polar surface area (TPSA) is 95.4 Å². The summed E-state index contributed by atoms with van der Waals surface area (Å²) in [6.07, 6.45) is 9.11. The summed E-state index contributed by atoms with van der Waals surface area (Å²) in [5.74, 6) is -0.163. The molecule has 3 heterocycles. The molecule has 1 aliphatic carbocycles. The first-order valence-corrected chi connectivity index (χ1v) is 15.1. The average Bonchev–Trinajstić information content (AvgIpc) is 3.56. The Labute approximate surface area is 246 Å². The van der Waals surface area contributed by atoms with Crippen molar-refractivity contribution in [3.8, 4) is 0 Å². The van der Waals surface area contributed by atoms with Crippen LogP contribution in [0.5, 0.6) is 0 Å². The highest BCUT2D eigenvalue weighted by Crippen LogP contribution is 2.32. The van der Waals surface area contributed by atoms with Crippen molar-refractivity contribution in [2.45, 2.75) is 69.2 Å². The van der Waals surface area contributed by atoms with Gasteiger partial charge in [0.2, 0.25) is 11.8 Å². The van der Waals surface area contributed by atoms with Gasteiger partial charge in [-0.25, -0.2) is 9.67 Å². The van der Waals surface area contributed by atoms with Gasteiger partial charge in [-0.05, 0) is 48.1 Å². The van der Waals surface area contributed by atoms with Gasteiger partial charge in [0.1, 0.15) is 18.7 Å². The number of piperazine rings is 1. The predicted molar refractivity (Wildman–Crippen MR) is 157 cm³/mol. The fraction of sp³-hybridized carbons (Fsp3) is 0.484. The second-order valence-corrected chi connectivity index (χ2v) is 11.9. The smallest absolute Gasteiger partial charge is 0.245 e. The van der Waals surface area contributed by atoms with E-state index in [2.05, 4.69) is 37.7 Å². The quantitative estimate of drug-likeness (QED) is 0.450. The third kappa shape index (κ3) is 6.47. The maximum Gasteiger partial charge on any atom is 0.245 e. The summed E-state index contributed by atoms with van der Waals surface area (Å²) in [5, 5.41) is 11.6. The molecule has 2 aliphatic heterocycles. The Bertz CT molecular complexity index is 1320. The summed E-state index contributed by atoms with van der Waals surface area (Å²) in [7, 11) is 0. The third-order valence-electron chi connectivity index (χ3n) is 8.93. The zero-order valence-corrected chi connectivity index (χ0v) is 24.0. The molecule has 1 saturated heterocycles. The van der Waals surface area contributed by atoms with Gasteiger partial charge in [0, 0.05) is 50.2 Å². The molecular weight excluding hydrogens is 538 g/mol. The van der Waals surface area contributed by atoms with E-state index in [1.54, 1.807) is 6.33 Å². The van der Waals surface area contributed by atoms with Crippen LogP contribution < -0.4 is 10.6 Å². The van der Waals surface area contributed by atoms with Gasteiger partial charge in [0.15, 0.2) is 0 Å². The van der Waals surface area contributed by atoms with E-state index < -0.39 is 6.04 Å². The molecular formula is C31H38ClN7O2. The normalized spacial score (nSPS) is 23.9. The molecule has 0 bridgehead atoms. The van der Waals surface area contributed by atoms with Gasteiger partial charge >= 0.3 is 0 Å². The number of rotatable bonds is 7. The van der Waals surface area contributed by atoms with Crippen LogP contribution >= 0.6 is 11.6 Å². The van der Waals surface area contributed by atoms with Crippen LogP contribution in [-0.4, -0.2) is 80.7 Å². The molecule has 1 unspecified atom stereocenters. The molecule has 0 radical (unpaired) electrons. The molecule has 41 heavy (non-hydrogen) atoms. The number of halogens is 1. The van der Waals surface area contributed by atoms with Crippen molar-refractivity contribution < 1.29 is 9.59 Å². The zero-order chi connectivity index (χ0) is 28.2. The molecule has 3 aliphatic rings. The van der Waals surface area contributed by atoms with E-state index in [1.165, 1.54) is 24.0 Å². The van der Waals surface area contributed by atoms with E-state index in [1.807, 2.05) is 52.3 Å². The predicted octanol–water partition coefficient (Wildman–Crippen LogP) is 3.00. The van der Waals surface area contributed by atoms with Gasteiger partial charge in [0.25, 0.3) is 0 Å². The number of hydrogen-bond donors (Lipinski definition) is 2. The van der Waals surface area contributed by atoms with Gasteiger partial charge in [-0.15, -0.1) is 0 Å². The van der Waals surface area contributed by atoms with Crippen molar-refractivity contribution in [3.05, 3.63) is 82.9 Å². The lowest BCUT2D eigenvalue weighted by Gasteiger charge is -2.44. The summed E-state index contributed by atoms with van der Waals surface area (Å²) < 4.78 is 2.01. The number of hydrogen-bond acceptors (Lipinski definition) is 6. The SMILES string of the molecule is O=C(N[C@H](Cc1ccc(Cl)cc1)C(=O)N1CCN([C@@H]2CCCC[C@H]2n2cncn2)CC1)C1Cc2ccccc2CN1. The minimum absolute atomic E-state index is 0.0272. The molecule has 10 heteroatoms. The lowest BCUT2D eigenvalue weighted by atomic mass is 9.89. The lowest BCUT2D eigenvalue weighted by molar-refractivity contribution is -0.138. The Morgan fingerprint density at radius 3 is 2.44 bits per heavy atom. The number of nitrogens with one attached hydrogen (secondary N) is 2. The van der Waals surface area contributed by atoms with Crippen molar-refractivity contribution >= 4 is 23.4 Å². The summed E-state index contributed by atoms with van der Waals surface area (Å²) >= 11 is 6.11. The molecule has 0 spiro atoms. The average molecular weight is 576 g/mol. The number of benzene rings is 2. The molecule has 1 saturated carbocycles. The Kier molecular flexibility index (Phi) is 8.64. The molecule has 4 atom stereocenters. The van der Waals surface area contributed by atoms with Crippen molar-refractivity contribution in [1.82, 2.24) is 35.2 Å². The highest BCUT2D eigenvalue weighted by Gasteiger charge is 2.36. The van der Waals surface area contributed by atoms with Crippen LogP contribution in [0, 0.1) is 0 Å². The highest BCUT2D eigenvalue weighted by atomic mass is 35.5. The molecule has 6 rings (SSSR count). The first-order valence-electron chi connectivity index (χ1n) is 14.8. The number of nitrogens with zero attached hydrogens (tertiary/aromatic N) is 5. The summed E-state index contributed by atoms with van der Waals surface area (Å²) in [5.41, 5.74) is 3.36. The molecule has 1 aromatic heterocycles. The van der Waals surface area contributed by atoms with Crippen molar-refractivity contribution in [3.63, 3.8) is 0 Å². The van der Waals surface area contributed by atoms with Crippen LogP contribution in [0.15, 0.2) is 61.2 Å². The summed E-state index contributed by atoms with van der Waals surface area (Å²) in [6.45, 7) is 3.54. The molecule has 3 aromatic rings. The van der Waals surface area contributed by atoms with Gasteiger partial charge < -0.3 is 15.5 Å². The van der Waals surface area contributed by atoms with Crippen LogP contribution in [0.3, 0.4) is 0 Å². The minimum atomic E-state index is -0.647. The standard InChI is InChI=1S/C31H38ClN7O2/c32-25-11-9-22(10-12-25)17-27(36-30(40)26-18-23-5-1-2-6-24(23)19-34-26)31(41)38-15-13-37(14-16-38)28-7-3-4-8-29(28)39-21-33-20-35-39/h1-2,5-6,9-12,20-21,26-29,34H,3-4,7-8,13-19H2,(H,36,40)/t26?,27-,28-,29-/m1/s1. The van der Waals surface area contributed by atoms with Gasteiger partial charge in [0.05, 0.1) is 12.1 Å². The first-order chi connectivity index (χ1) is 20.0. The van der Waals surface area contributed by atoms with E-state index in [-0.39, 0.29) is 17.9 Å². The Morgan fingerprint density at radius 2 is 1.71 bits per heavy atom. The number of fused-ring (bicyclic) bond motifs is 1. The summed E-state index contributed by atoms with van der Waals surface area (Å²) in [6, 6.07) is 15.4. The van der Waals surface area contributed by atoms with Crippen LogP contribution in [0.4, 0.5) is 0 Å². The van der Waals surface area contributed by atoms with Gasteiger partial charge in [-0.2, -0.15) is 5.10 Å². The van der Waals surface area contributed by atoms with E-state index in [4.69, 9.17) is 11.6 Å². The van der Waals surface area contributed by atoms with Gasteiger partial charge in [-0.3, -0.25) is 14.5 Å². The molecule has 2 amide bonds. The first kappa shape index (κ1) is 27.9. The third-order valence-corrected chi connectivity index (χ3v) is 9.18. The Hall–Kier alpha value is -3.27. The van der Waals surface area contributed by atoms with Crippen LogP contribution in [0.25, 0.3) is 0 Å². The van der Waals surface area contributed by atoms with E-state index in [0.29, 0.717) is 49.6 Å². The Morgan fingerprint density at radius 1 is 0.976 bits per heavy atom. The fourth-order valence-electron chi connectivity index (χ4n) is 6.68. The molecule has 2 fully saturated rings. The van der Waals surface area contributed by atoms with Crippen LogP contribution in [-0.2, 0) is 29.0 Å². The minimum Gasteiger partial charge on any atom is -0.343 e. The number of amides is 2. The molecule has 216 valence electrons. The molecule has 2 N–H and O–H groups in total. The van der Waals surface area contributed by atoms with E-state index in [9.17, 15) is 9.59 Å². The number of aromatic nitrogens is 3. The second-order valence-electron chi connectivity index (χ2n) is 11.5. The van der Waals surface area contributed by atoms with E-state index in [0.717, 1.165) is 31.5 Å². The van der Waals surface area contributed by atoms with Crippen LogP contribution in [0.2, 0.25) is 5.02 Å². The number of carbonyl (C=O) groups excluding carboxylic acids is 2. The van der Waals surface area contributed by atoms with Crippen LogP contribution in [0.1, 0.15) is 48.4 Å². The summed E-state index contributed by atoms with van der Waals surface area (Å²) in [4.78, 5) is 36.0. The second kappa shape index (κ2) is 12.7. The zero-order valence-electron chi connectivity index (χ0n) is 23.3. The maximum absolute atomic E-state index is 13.9. The largest absolute Gasteiger partial charge is 0.343 e. The van der Waals surface area contributed by atoms with Crippen molar-refractivity contribution in [1.29, 1.82) is 0 Å².